The average Bonchev–Trinajstić information content (AvgIpc) is 2.41. The molecule has 1 heterocycles. The molecule has 2 amide bonds. The molecule has 0 atom stereocenters. The van der Waals surface area contributed by atoms with Gasteiger partial charge in [0.1, 0.15) is 11.5 Å². The van der Waals surface area contributed by atoms with Gasteiger partial charge in [0.2, 0.25) is 0 Å². The van der Waals surface area contributed by atoms with Gasteiger partial charge in [-0.15, -0.1) is 0 Å². The van der Waals surface area contributed by atoms with Crippen LogP contribution >= 0.6 is 0 Å². The summed E-state index contributed by atoms with van der Waals surface area (Å²) in [5.74, 6) is -0.0673. The third-order valence-corrected chi connectivity index (χ3v) is 2.74. The highest BCUT2D eigenvalue weighted by atomic mass is 16.5. The van der Waals surface area contributed by atoms with Crippen molar-refractivity contribution in [2.75, 3.05) is 32.2 Å². The van der Waals surface area contributed by atoms with Crippen molar-refractivity contribution in [3.63, 3.8) is 0 Å². The molecule has 1 aromatic rings. The van der Waals surface area contributed by atoms with E-state index in [9.17, 15) is 9.59 Å². The first-order valence-electron chi connectivity index (χ1n) is 5.49. The Hall–Kier alpha value is -2.24. The Morgan fingerprint density at radius 2 is 2.00 bits per heavy atom. The van der Waals surface area contributed by atoms with E-state index in [4.69, 9.17) is 9.47 Å². The number of hydrogen-bond donors (Lipinski definition) is 1. The van der Waals surface area contributed by atoms with Crippen LogP contribution in [0.2, 0.25) is 0 Å². The van der Waals surface area contributed by atoms with E-state index in [1.54, 1.807) is 18.2 Å². The van der Waals surface area contributed by atoms with Crippen LogP contribution in [0.25, 0.3) is 0 Å². The Balaban J connectivity index is 2.41. The minimum atomic E-state index is -0.605. The third kappa shape index (κ3) is 2.09. The standard InChI is InChI=1S/C12H14N2O4/c1-17-8-3-4-10(18-2)9(7-8)14-6-5-13-11(15)12(14)16/h3-4,7H,5-6H2,1-2H3,(H,13,15). The lowest BCUT2D eigenvalue weighted by Gasteiger charge is -2.27. The van der Waals surface area contributed by atoms with Gasteiger partial charge in [-0.2, -0.15) is 0 Å². The number of benzene rings is 1. The zero-order valence-corrected chi connectivity index (χ0v) is 10.2. The van der Waals surface area contributed by atoms with Crippen molar-refractivity contribution in [2.24, 2.45) is 0 Å². The molecule has 18 heavy (non-hydrogen) atoms. The molecule has 0 radical (unpaired) electrons. The van der Waals surface area contributed by atoms with Gasteiger partial charge in [0.05, 0.1) is 19.9 Å². The highest BCUT2D eigenvalue weighted by Gasteiger charge is 2.29. The smallest absolute Gasteiger partial charge is 0.316 e. The van der Waals surface area contributed by atoms with Gasteiger partial charge in [0.15, 0.2) is 0 Å². The molecule has 1 aliphatic rings. The van der Waals surface area contributed by atoms with Gasteiger partial charge in [-0.05, 0) is 12.1 Å². The van der Waals surface area contributed by atoms with Gasteiger partial charge in [-0.1, -0.05) is 0 Å². The maximum atomic E-state index is 11.8. The minimum Gasteiger partial charge on any atom is -0.497 e. The van der Waals surface area contributed by atoms with E-state index in [1.807, 2.05) is 0 Å². The van der Waals surface area contributed by atoms with Crippen LogP contribution in [0, 0.1) is 0 Å². The van der Waals surface area contributed by atoms with Crippen molar-refractivity contribution in [1.29, 1.82) is 0 Å². The number of carbonyl (C=O) groups excluding carboxylic acids is 2. The minimum absolute atomic E-state index is 0.411. The number of ether oxygens (including phenoxy) is 2. The largest absolute Gasteiger partial charge is 0.497 e. The molecular weight excluding hydrogens is 236 g/mol. The number of methoxy groups -OCH3 is 2. The molecule has 1 saturated heterocycles. The summed E-state index contributed by atoms with van der Waals surface area (Å²) in [7, 11) is 3.05. The monoisotopic (exact) mass is 250 g/mol. The van der Waals surface area contributed by atoms with E-state index in [0.717, 1.165) is 0 Å². The molecule has 1 fully saturated rings. The normalized spacial score (nSPS) is 15.3. The third-order valence-electron chi connectivity index (χ3n) is 2.74. The summed E-state index contributed by atoms with van der Waals surface area (Å²) < 4.78 is 10.3. The van der Waals surface area contributed by atoms with Gasteiger partial charge < -0.3 is 14.8 Å². The summed E-state index contributed by atoms with van der Waals surface area (Å²) in [6.45, 7) is 0.832. The number of nitrogens with one attached hydrogen (secondary N) is 1. The summed E-state index contributed by atoms with van der Waals surface area (Å²) in [5, 5.41) is 2.50. The quantitative estimate of drug-likeness (QED) is 0.776. The molecule has 0 aliphatic carbocycles. The predicted octanol–water partition coefficient (Wildman–Crippen LogP) is 0.167. The molecule has 0 bridgehead atoms. The van der Waals surface area contributed by atoms with Crippen LogP contribution in [0.5, 0.6) is 11.5 Å². The molecular formula is C12H14N2O4. The number of carbonyl (C=O) groups is 2. The first kappa shape index (κ1) is 12.2. The predicted molar refractivity (Wildman–Crippen MR) is 64.9 cm³/mol. The fourth-order valence-corrected chi connectivity index (χ4v) is 1.82. The number of hydrogen-bond acceptors (Lipinski definition) is 4. The number of piperazine rings is 1. The Morgan fingerprint density at radius 3 is 2.67 bits per heavy atom. The molecule has 2 rings (SSSR count). The molecule has 1 N–H and O–H groups in total. The summed E-state index contributed by atoms with van der Waals surface area (Å²) >= 11 is 0. The van der Waals surface area contributed by atoms with Crippen LogP contribution < -0.4 is 19.7 Å². The summed E-state index contributed by atoms with van der Waals surface area (Å²) in [6.07, 6.45) is 0. The van der Waals surface area contributed by atoms with Crippen molar-refractivity contribution in [3.8, 4) is 11.5 Å². The van der Waals surface area contributed by atoms with Crippen molar-refractivity contribution in [1.82, 2.24) is 5.32 Å². The second kappa shape index (κ2) is 4.95. The van der Waals surface area contributed by atoms with Crippen molar-refractivity contribution in [3.05, 3.63) is 18.2 Å². The molecule has 96 valence electrons. The Bertz CT molecular complexity index is 487. The number of nitrogens with zero attached hydrogens (tertiary/aromatic N) is 1. The van der Waals surface area contributed by atoms with Crippen LogP contribution in [0.3, 0.4) is 0 Å². The van der Waals surface area contributed by atoms with E-state index in [1.165, 1.54) is 19.1 Å². The van der Waals surface area contributed by atoms with E-state index in [-0.39, 0.29) is 0 Å². The summed E-state index contributed by atoms with van der Waals surface area (Å²) in [5.41, 5.74) is 0.539. The van der Waals surface area contributed by atoms with Gasteiger partial charge in [0.25, 0.3) is 0 Å². The first-order valence-corrected chi connectivity index (χ1v) is 5.49. The van der Waals surface area contributed by atoms with Crippen LogP contribution in [0.4, 0.5) is 5.69 Å². The van der Waals surface area contributed by atoms with E-state index in [2.05, 4.69) is 5.32 Å². The first-order chi connectivity index (χ1) is 8.67. The fourth-order valence-electron chi connectivity index (χ4n) is 1.82. The zero-order valence-electron chi connectivity index (χ0n) is 10.2. The summed E-state index contributed by atoms with van der Waals surface area (Å²) in [4.78, 5) is 24.6. The Kier molecular flexibility index (Phi) is 3.36. The zero-order chi connectivity index (χ0) is 13.1. The second-order valence-corrected chi connectivity index (χ2v) is 3.75. The van der Waals surface area contributed by atoms with Crippen molar-refractivity contribution < 1.29 is 19.1 Å². The maximum absolute atomic E-state index is 11.8. The molecule has 6 heteroatoms. The van der Waals surface area contributed by atoms with Crippen molar-refractivity contribution in [2.45, 2.75) is 0 Å². The van der Waals surface area contributed by atoms with Crippen LogP contribution in [-0.2, 0) is 9.59 Å². The Labute approximate surface area is 104 Å². The van der Waals surface area contributed by atoms with Crippen LogP contribution in [0.1, 0.15) is 0 Å². The molecule has 1 aromatic carbocycles. The fraction of sp³-hybridized carbons (Fsp3) is 0.333. The lowest BCUT2D eigenvalue weighted by Crippen LogP contribution is -2.52. The van der Waals surface area contributed by atoms with Gasteiger partial charge in [-0.25, -0.2) is 0 Å². The maximum Gasteiger partial charge on any atom is 0.316 e. The molecule has 0 spiro atoms. The number of amides is 2. The van der Waals surface area contributed by atoms with Crippen molar-refractivity contribution >= 4 is 17.5 Å². The highest BCUT2D eigenvalue weighted by molar-refractivity contribution is 6.41. The van der Waals surface area contributed by atoms with Gasteiger partial charge in [-0.3, -0.25) is 14.5 Å². The molecule has 6 nitrogen and oxygen atoms in total. The van der Waals surface area contributed by atoms with E-state index < -0.39 is 11.8 Å². The number of rotatable bonds is 3. The van der Waals surface area contributed by atoms with E-state index in [0.29, 0.717) is 30.3 Å². The van der Waals surface area contributed by atoms with Crippen LogP contribution in [-0.4, -0.2) is 39.1 Å². The number of anilines is 1. The van der Waals surface area contributed by atoms with E-state index >= 15 is 0 Å². The van der Waals surface area contributed by atoms with Gasteiger partial charge >= 0.3 is 11.8 Å². The second-order valence-electron chi connectivity index (χ2n) is 3.75. The average molecular weight is 250 g/mol. The lowest BCUT2D eigenvalue weighted by atomic mass is 10.2. The van der Waals surface area contributed by atoms with Crippen LogP contribution in [0.15, 0.2) is 18.2 Å². The molecule has 0 unspecified atom stereocenters. The highest BCUT2D eigenvalue weighted by Crippen LogP contribution is 2.32. The summed E-state index contributed by atoms with van der Waals surface area (Å²) in [6, 6.07) is 5.11. The molecule has 0 saturated carbocycles. The SMILES string of the molecule is COc1ccc(OC)c(N2CCNC(=O)C2=O)c1. The topological polar surface area (TPSA) is 67.9 Å². The van der Waals surface area contributed by atoms with Gasteiger partial charge in [0, 0.05) is 19.2 Å². The Morgan fingerprint density at radius 1 is 1.22 bits per heavy atom. The molecule has 1 aliphatic heterocycles. The molecule has 0 aromatic heterocycles. The lowest BCUT2D eigenvalue weighted by molar-refractivity contribution is -0.138.